The van der Waals surface area contributed by atoms with Crippen molar-refractivity contribution in [3.05, 3.63) is 33.4 Å². The predicted octanol–water partition coefficient (Wildman–Crippen LogP) is 4.54. The van der Waals surface area contributed by atoms with E-state index in [9.17, 15) is 0 Å². The Hall–Kier alpha value is -0.130. The number of rotatable bonds is 4. The quantitative estimate of drug-likeness (QED) is 0.767. The third kappa shape index (κ3) is 3.55. The minimum atomic E-state index is -0.0996. The van der Waals surface area contributed by atoms with Crippen LogP contribution in [0.3, 0.4) is 0 Å². The highest BCUT2D eigenvalue weighted by molar-refractivity contribution is 14.1. The third-order valence-corrected chi connectivity index (χ3v) is 4.85. The maximum atomic E-state index is 6.29. The molecule has 1 saturated heterocycles. The number of ether oxygens (including phenoxy) is 1. The zero-order valence-electron chi connectivity index (χ0n) is 13.2. The van der Waals surface area contributed by atoms with Gasteiger partial charge in [0.2, 0.25) is 0 Å². The van der Waals surface area contributed by atoms with E-state index < -0.39 is 0 Å². The molecule has 0 aliphatic carbocycles. The summed E-state index contributed by atoms with van der Waals surface area (Å²) in [4.78, 5) is 0. The molecule has 1 aliphatic rings. The van der Waals surface area contributed by atoms with E-state index in [1.54, 1.807) is 0 Å². The molecule has 0 spiro atoms. The molecular formula is C17H26INO. The van der Waals surface area contributed by atoms with Gasteiger partial charge in [-0.15, -0.1) is 0 Å². The molecule has 0 aromatic heterocycles. The number of benzene rings is 1. The fraction of sp³-hybridized carbons (Fsp3) is 0.647. The lowest BCUT2D eigenvalue weighted by atomic mass is 9.79. The van der Waals surface area contributed by atoms with Crippen molar-refractivity contribution in [3.63, 3.8) is 0 Å². The highest BCUT2D eigenvalue weighted by atomic mass is 127. The van der Waals surface area contributed by atoms with Crippen molar-refractivity contribution >= 4 is 22.6 Å². The molecule has 2 nitrogen and oxygen atoms in total. The van der Waals surface area contributed by atoms with Gasteiger partial charge in [-0.25, -0.2) is 0 Å². The van der Waals surface area contributed by atoms with Crippen LogP contribution in [0, 0.1) is 9.49 Å². The van der Waals surface area contributed by atoms with Crippen molar-refractivity contribution in [1.82, 2.24) is 5.32 Å². The summed E-state index contributed by atoms with van der Waals surface area (Å²) in [6.45, 7) is 12.0. The summed E-state index contributed by atoms with van der Waals surface area (Å²) in [6.07, 6.45) is 1.09. The average Bonchev–Trinajstić information content (AvgIpc) is 2.54. The van der Waals surface area contributed by atoms with Crippen molar-refractivity contribution in [2.24, 2.45) is 5.92 Å². The normalized spacial score (nSPS) is 25.6. The highest BCUT2D eigenvalue weighted by Gasteiger charge is 2.49. The van der Waals surface area contributed by atoms with Crippen molar-refractivity contribution in [2.45, 2.75) is 58.3 Å². The standard InChI is InChI=1S/C17H26INO/c1-6-19-15(12-8-7-9-13(18)10-12)14-11-16(2,3)20-17(14,4)5/h7-10,14-15,19H,6,11H2,1-5H3. The van der Waals surface area contributed by atoms with Crippen molar-refractivity contribution in [3.8, 4) is 0 Å². The van der Waals surface area contributed by atoms with E-state index in [1.807, 2.05) is 0 Å². The Balaban J connectivity index is 2.34. The first-order valence-electron chi connectivity index (χ1n) is 7.44. The molecule has 1 aromatic rings. The molecule has 20 heavy (non-hydrogen) atoms. The van der Waals surface area contributed by atoms with E-state index in [2.05, 4.69) is 86.8 Å². The topological polar surface area (TPSA) is 21.3 Å². The maximum absolute atomic E-state index is 6.29. The van der Waals surface area contributed by atoms with Crippen LogP contribution >= 0.6 is 22.6 Å². The number of hydrogen-bond donors (Lipinski definition) is 1. The molecule has 2 unspecified atom stereocenters. The zero-order chi connectivity index (χ0) is 15.0. The summed E-state index contributed by atoms with van der Waals surface area (Å²) in [5, 5.41) is 3.68. The Morgan fingerprint density at radius 3 is 2.55 bits per heavy atom. The van der Waals surface area contributed by atoms with Gasteiger partial charge in [-0.1, -0.05) is 19.1 Å². The summed E-state index contributed by atoms with van der Waals surface area (Å²) in [6, 6.07) is 9.17. The molecule has 1 heterocycles. The van der Waals surface area contributed by atoms with E-state index in [0.29, 0.717) is 12.0 Å². The fourth-order valence-electron chi connectivity index (χ4n) is 3.54. The molecule has 1 aromatic carbocycles. The van der Waals surface area contributed by atoms with Gasteiger partial charge in [-0.2, -0.15) is 0 Å². The summed E-state index contributed by atoms with van der Waals surface area (Å²) in [5.74, 6) is 0.482. The molecule has 2 rings (SSSR count). The van der Waals surface area contributed by atoms with Crippen LogP contribution in [0.1, 0.15) is 52.6 Å². The Morgan fingerprint density at radius 1 is 1.35 bits per heavy atom. The highest BCUT2D eigenvalue weighted by Crippen LogP contribution is 2.47. The summed E-state index contributed by atoms with van der Waals surface area (Å²) >= 11 is 2.39. The minimum absolute atomic E-state index is 0.0379. The van der Waals surface area contributed by atoms with Crippen LogP contribution in [0.15, 0.2) is 24.3 Å². The van der Waals surface area contributed by atoms with Crippen LogP contribution in [0.4, 0.5) is 0 Å². The molecule has 0 radical (unpaired) electrons. The van der Waals surface area contributed by atoms with Gasteiger partial charge in [0.1, 0.15) is 0 Å². The van der Waals surface area contributed by atoms with Gasteiger partial charge >= 0.3 is 0 Å². The maximum Gasteiger partial charge on any atom is 0.0681 e. The Morgan fingerprint density at radius 2 is 2.05 bits per heavy atom. The second-order valence-corrected chi connectivity index (χ2v) is 8.11. The lowest BCUT2D eigenvalue weighted by molar-refractivity contribution is -0.0778. The van der Waals surface area contributed by atoms with Gasteiger partial charge in [0, 0.05) is 15.5 Å². The van der Waals surface area contributed by atoms with E-state index in [-0.39, 0.29) is 11.2 Å². The summed E-state index contributed by atoms with van der Waals surface area (Å²) in [7, 11) is 0. The first-order chi connectivity index (χ1) is 9.25. The van der Waals surface area contributed by atoms with Crippen molar-refractivity contribution < 1.29 is 4.74 Å². The molecule has 2 atom stereocenters. The number of nitrogens with one attached hydrogen (secondary N) is 1. The van der Waals surface area contributed by atoms with Gasteiger partial charge in [-0.3, -0.25) is 0 Å². The van der Waals surface area contributed by atoms with E-state index >= 15 is 0 Å². The average molecular weight is 387 g/mol. The number of halogens is 1. The van der Waals surface area contributed by atoms with Gasteiger partial charge < -0.3 is 10.1 Å². The van der Waals surface area contributed by atoms with Crippen LogP contribution in [0.2, 0.25) is 0 Å². The lowest BCUT2D eigenvalue weighted by Gasteiger charge is -2.34. The summed E-state index contributed by atoms with van der Waals surface area (Å²) in [5.41, 5.74) is 1.24. The zero-order valence-corrected chi connectivity index (χ0v) is 15.3. The molecule has 0 saturated carbocycles. The third-order valence-electron chi connectivity index (χ3n) is 4.18. The first-order valence-corrected chi connectivity index (χ1v) is 8.52. The van der Waals surface area contributed by atoms with Gasteiger partial charge in [0.05, 0.1) is 11.2 Å². The minimum Gasteiger partial charge on any atom is -0.369 e. The smallest absolute Gasteiger partial charge is 0.0681 e. The largest absolute Gasteiger partial charge is 0.369 e. The second-order valence-electron chi connectivity index (χ2n) is 6.87. The van der Waals surface area contributed by atoms with Gasteiger partial charge in [-0.05, 0) is 80.9 Å². The Labute approximate surface area is 136 Å². The summed E-state index contributed by atoms with van der Waals surface area (Å²) < 4.78 is 7.58. The van der Waals surface area contributed by atoms with Gasteiger partial charge in [0.15, 0.2) is 0 Å². The fourth-order valence-corrected chi connectivity index (χ4v) is 4.10. The Kier molecular flexibility index (Phi) is 4.82. The van der Waals surface area contributed by atoms with Gasteiger partial charge in [0.25, 0.3) is 0 Å². The van der Waals surface area contributed by atoms with E-state index in [0.717, 1.165) is 13.0 Å². The predicted molar refractivity (Wildman–Crippen MR) is 92.9 cm³/mol. The molecule has 112 valence electrons. The first kappa shape index (κ1) is 16.2. The molecule has 1 aliphatic heterocycles. The Bertz CT molecular complexity index is 470. The van der Waals surface area contributed by atoms with Crippen molar-refractivity contribution in [2.75, 3.05) is 6.54 Å². The molecular weight excluding hydrogens is 361 g/mol. The molecule has 0 bridgehead atoms. The van der Waals surface area contributed by atoms with Crippen LogP contribution < -0.4 is 5.32 Å². The van der Waals surface area contributed by atoms with Crippen LogP contribution in [-0.2, 0) is 4.74 Å². The van der Waals surface area contributed by atoms with Crippen LogP contribution in [0.5, 0.6) is 0 Å². The van der Waals surface area contributed by atoms with E-state index in [1.165, 1.54) is 9.13 Å². The molecule has 0 amide bonds. The monoisotopic (exact) mass is 387 g/mol. The SMILES string of the molecule is CCNC(c1cccc(I)c1)C1CC(C)(C)OC1(C)C. The van der Waals surface area contributed by atoms with Crippen LogP contribution in [0.25, 0.3) is 0 Å². The van der Waals surface area contributed by atoms with Crippen molar-refractivity contribution in [1.29, 1.82) is 0 Å². The molecule has 1 N–H and O–H groups in total. The van der Waals surface area contributed by atoms with E-state index in [4.69, 9.17) is 4.74 Å². The molecule has 3 heteroatoms. The molecule has 1 fully saturated rings. The van der Waals surface area contributed by atoms with Crippen LogP contribution in [-0.4, -0.2) is 17.7 Å². The second kappa shape index (κ2) is 5.93. The lowest BCUT2D eigenvalue weighted by Crippen LogP contribution is -2.38. The number of hydrogen-bond acceptors (Lipinski definition) is 2.